The number of hydrogen-bond donors (Lipinski definition) is 2. The average Bonchev–Trinajstić information content (AvgIpc) is 2.46. The monoisotopic (exact) mass is 314 g/mol. The van der Waals surface area contributed by atoms with Gasteiger partial charge < -0.3 is 15.4 Å². The van der Waals surface area contributed by atoms with Crippen LogP contribution in [0.15, 0.2) is 0 Å². The van der Waals surface area contributed by atoms with E-state index in [4.69, 9.17) is 4.74 Å². The highest BCUT2D eigenvalue weighted by Crippen LogP contribution is 2.42. The number of hydrogen-bond acceptors (Lipinski definition) is 4. The minimum absolute atomic E-state index is 0.0537. The maximum absolute atomic E-state index is 12.2. The fraction of sp³-hybridized carbons (Fsp3) is 0.938. The van der Waals surface area contributed by atoms with E-state index in [1.165, 1.54) is 6.42 Å². The number of carbonyl (C=O) groups excluding carboxylic acids is 1. The molecule has 3 unspecified atom stereocenters. The summed E-state index contributed by atoms with van der Waals surface area (Å²) in [6, 6.07) is 0.594. The van der Waals surface area contributed by atoms with Crippen LogP contribution in [0, 0.1) is 5.41 Å². The smallest absolute Gasteiger partial charge is 0.221 e. The van der Waals surface area contributed by atoms with Crippen LogP contribution in [0.25, 0.3) is 0 Å². The summed E-state index contributed by atoms with van der Waals surface area (Å²) in [4.78, 5) is 12.2. The second-order valence-corrected chi connectivity index (χ2v) is 7.97. The van der Waals surface area contributed by atoms with Gasteiger partial charge in [0.1, 0.15) is 0 Å². The van der Waals surface area contributed by atoms with Crippen LogP contribution < -0.4 is 10.6 Å². The van der Waals surface area contributed by atoms with Crippen molar-refractivity contribution in [3.63, 3.8) is 0 Å². The third-order valence-electron chi connectivity index (χ3n) is 4.76. The minimum Gasteiger partial charge on any atom is -0.378 e. The molecule has 0 aromatic heterocycles. The molecule has 0 radical (unpaired) electrons. The summed E-state index contributed by atoms with van der Waals surface area (Å²) in [5.41, 5.74) is 0.0537. The highest BCUT2D eigenvalue weighted by atomic mass is 32.2. The van der Waals surface area contributed by atoms with E-state index in [1.54, 1.807) is 0 Å². The van der Waals surface area contributed by atoms with Gasteiger partial charge in [0.25, 0.3) is 0 Å². The minimum atomic E-state index is 0.0537. The van der Waals surface area contributed by atoms with Crippen molar-refractivity contribution < 1.29 is 9.53 Å². The summed E-state index contributed by atoms with van der Waals surface area (Å²) in [5.74, 6) is 2.38. The average molecular weight is 314 g/mol. The second kappa shape index (κ2) is 7.84. The third kappa shape index (κ3) is 4.60. The van der Waals surface area contributed by atoms with Gasteiger partial charge >= 0.3 is 0 Å². The van der Waals surface area contributed by atoms with E-state index in [2.05, 4.69) is 31.4 Å². The molecule has 2 fully saturated rings. The summed E-state index contributed by atoms with van der Waals surface area (Å²) in [6.45, 7) is 8.44. The first kappa shape index (κ1) is 17.1. The van der Waals surface area contributed by atoms with Gasteiger partial charge in [-0.25, -0.2) is 0 Å². The highest BCUT2D eigenvalue weighted by molar-refractivity contribution is 7.99. The fourth-order valence-electron chi connectivity index (χ4n) is 3.01. The second-order valence-electron chi connectivity index (χ2n) is 6.82. The van der Waals surface area contributed by atoms with Crippen LogP contribution in [0.2, 0.25) is 0 Å². The number of rotatable bonds is 7. The van der Waals surface area contributed by atoms with Crippen molar-refractivity contribution in [2.45, 2.75) is 64.6 Å². The first-order valence-electron chi connectivity index (χ1n) is 8.26. The highest BCUT2D eigenvalue weighted by Gasteiger charge is 2.49. The number of thioether (sulfide) groups is 1. The van der Waals surface area contributed by atoms with Crippen LogP contribution in [0.1, 0.15) is 46.5 Å². The van der Waals surface area contributed by atoms with Crippen LogP contribution in [0.4, 0.5) is 0 Å². The van der Waals surface area contributed by atoms with E-state index < -0.39 is 0 Å². The zero-order valence-electron chi connectivity index (χ0n) is 13.6. The largest absolute Gasteiger partial charge is 0.378 e. The molecule has 3 atom stereocenters. The van der Waals surface area contributed by atoms with Gasteiger partial charge in [-0.3, -0.25) is 4.79 Å². The Kier molecular flexibility index (Phi) is 6.38. The molecule has 1 aliphatic carbocycles. The lowest BCUT2D eigenvalue weighted by molar-refractivity contribution is -0.138. The Morgan fingerprint density at radius 3 is 2.90 bits per heavy atom. The zero-order chi connectivity index (χ0) is 15.3. The predicted molar refractivity (Wildman–Crippen MR) is 88.7 cm³/mol. The molecule has 1 saturated heterocycles. The molecule has 2 aliphatic rings. The van der Waals surface area contributed by atoms with E-state index in [-0.39, 0.29) is 23.5 Å². The molecule has 0 spiro atoms. The van der Waals surface area contributed by atoms with Crippen molar-refractivity contribution >= 4 is 17.7 Å². The van der Waals surface area contributed by atoms with Crippen LogP contribution in [0.5, 0.6) is 0 Å². The van der Waals surface area contributed by atoms with Gasteiger partial charge in [-0.05, 0) is 12.8 Å². The van der Waals surface area contributed by atoms with Crippen molar-refractivity contribution in [1.29, 1.82) is 0 Å². The molecule has 4 nitrogen and oxygen atoms in total. The lowest BCUT2D eigenvalue weighted by Crippen LogP contribution is -2.62. The predicted octanol–water partition coefficient (Wildman–Crippen LogP) is 2.18. The molecule has 122 valence electrons. The summed E-state index contributed by atoms with van der Waals surface area (Å²) in [5, 5.41) is 6.62. The SMILES string of the molecule is CCCCOC1CC(NC(=O)CC2CSCCN2)C1(C)C. The third-order valence-corrected chi connectivity index (χ3v) is 5.89. The summed E-state index contributed by atoms with van der Waals surface area (Å²) >= 11 is 1.93. The lowest BCUT2D eigenvalue weighted by Gasteiger charge is -2.51. The quantitative estimate of drug-likeness (QED) is 0.707. The molecule has 2 N–H and O–H groups in total. The van der Waals surface area contributed by atoms with E-state index in [9.17, 15) is 4.79 Å². The van der Waals surface area contributed by atoms with E-state index in [0.29, 0.717) is 12.5 Å². The number of ether oxygens (including phenoxy) is 1. The normalized spacial score (nSPS) is 31.5. The molecule has 0 aromatic rings. The Morgan fingerprint density at radius 2 is 2.29 bits per heavy atom. The molecule has 0 aromatic carbocycles. The molecule has 1 saturated carbocycles. The Balaban J connectivity index is 1.69. The molecule has 1 aliphatic heterocycles. The Hall–Kier alpha value is -0.260. The maximum Gasteiger partial charge on any atom is 0.221 e. The molecular weight excluding hydrogens is 284 g/mol. The van der Waals surface area contributed by atoms with Crippen molar-refractivity contribution in [1.82, 2.24) is 10.6 Å². The Labute approximate surface area is 133 Å². The van der Waals surface area contributed by atoms with Crippen LogP contribution in [0.3, 0.4) is 0 Å². The lowest BCUT2D eigenvalue weighted by atomic mass is 9.64. The first-order valence-corrected chi connectivity index (χ1v) is 9.41. The number of carbonyl (C=O) groups is 1. The molecule has 2 rings (SSSR count). The van der Waals surface area contributed by atoms with Gasteiger partial charge in [0.2, 0.25) is 5.91 Å². The first-order chi connectivity index (χ1) is 10.0. The topological polar surface area (TPSA) is 50.4 Å². The number of unbranched alkanes of at least 4 members (excludes halogenated alkanes) is 1. The standard InChI is InChI=1S/C16H30N2O2S/c1-4-5-7-20-14-10-13(16(14,2)3)18-15(19)9-12-11-21-8-6-17-12/h12-14,17H,4-11H2,1-3H3,(H,18,19). The Bertz CT molecular complexity index is 343. The molecule has 1 amide bonds. The van der Waals surface area contributed by atoms with Crippen LogP contribution >= 0.6 is 11.8 Å². The van der Waals surface area contributed by atoms with Crippen molar-refractivity contribution in [3.8, 4) is 0 Å². The van der Waals surface area contributed by atoms with E-state index in [1.807, 2.05) is 11.8 Å². The van der Waals surface area contributed by atoms with Gasteiger partial charge in [-0.2, -0.15) is 11.8 Å². The summed E-state index contributed by atoms with van der Waals surface area (Å²) < 4.78 is 5.93. The number of amides is 1. The van der Waals surface area contributed by atoms with Crippen molar-refractivity contribution in [2.24, 2.45) is 5.41 Å². The zero-order valence-corrected chi connectivity index (χ0v) is 14.4. The van der Waals surface area contributed by atoms with Gasteiger partial charge in [0, 0.05) is 48.6 Å². The van der Waals surface area contributed by atoms with Gasteiger partial charge in [-0.15, -0.1) is 0 Å². The summed E-state index contributed by atoms with van der Waals surface area (Å²) in [7, 11) is 0. The van der Waals surface area contributed by atoms with Gasteiger partial charge in [0.15, 0.2) is 0 Å². The van der Waals surface area contributed by atoms with E-state index in [0.717, 1.165) is 37.5 Å². The maximum atomic E-state index is 12.2. The molecular formula is C16H30N2O2S. The molecule has 21 heavy (non-hydrogen) atoms. The molecule has 1 heterocycles. The van der Waals surface area contributed by atoms with Crippen molar-refractivity contribution in [3.05, 3.63) is 0 Å². The van der Waals surface area contributed by atoms with Crippen LogP contribution in [-0.2, 0) is 9.53 Å². The van der Waals surface area contributed by atoms with Gasteiger partial charge in [0.05, 0.1) is 6.10 Å². The van der Waals surface area contributed by atoms with Gasteiger partial charge in [-0.1, -0.05) is 27.2 Å². The Morgan fingerprint density at radius 1 is 1.48 bits per heavy atom. The molecule has 5 heteroatoms. The van der Waals surface area contributed by atoms with Crippen molar-refractivity contribution in [2.75, 3.05) is 24.7 Å². The molecule has 0 bridgehead atoms. The number of nitrogens with one attached hydrogen (secondary N) is 2. The fourth-order valence-corrected chi connectivity index (χ4v) is 3.96. The summed E-state index contributed by atoms with van der Waals surface area (Å²) in [6.07, 6.45) is 4.13. The van der Waals surface area contributed by atoms with E-state index >= 15 is 0 Å². The van der Waals surface area contributed by atoms with Crippen LogP contribution in [-0.4, -0.2) is 48.8 Å².